The van der Waals surface area contributed by atoms with Crippen molar-refractivity contribution >= 4 is 23.4 Å². The van der Waals surface area contributed by atoms with Crippen LogP contribution in [0.25, 0.3) is 0 Å². The van der Waals surface area contributed by atoms with Crippen LogP contribution < -0.4 is 10.6 Å². The number of rotatable bonds is 6. The molecule has 1 atom stereocenters. The van der Waals surface area contributed by atoms with Crippen molar-refractivity contribution in [1.82, 2.24) is 15.2 Å². The summed E-state index contributed by atoms with van der Waals surface area (Å²) in [5.74, 6) is 0.687. The van der Waals surface area contributed by atoms with Crippen LogP contribution in [-0.2, 0) is 4.74 Å². The van der Waals surface area contributed by atoms with Crippen molar-refractivity contribution in [1.29, 1.82) is 0 Å². The van der Waals surface area contributed by atoms with Gasteiger partial charge in [0.15, 0.2) is 5.82 Å². The summed E-state index contributed by atoms with van der Waals surface area (Å²) in [6.45, 7) is 4.13. The zero-order valence-electron chi connectivity index (χ0n) is 12.8. The highest BCUT2D eigenvalue weighted by Crippen LogP contribution is 2.16. The smallest absolute Gasteiger partial charge is 0.337 e. The minimum absolute atomic E-state index is 0.274. The molecule has 0 saturated carbocycles. The zero-order valence-corrected chi connectivity index (χ0v) is 12.8. The molecule has 0 fully saturated rings. The highest BCUT2D eigenvalue weighted by molar-refractivity contribution is 5.89. The summed E-state index contributed by atoms with van der Waals surface area (Å²) < 4.78 is 4.66. The summed E-state index contributed by atoms with van der Waals surface area (Å²) in [6, 6.07) is 7.19. The molecule has 7 heteroatoms. The Morgan fingerprint density at radius 2 is 2.05 bits per heavy atom. The van der Waals surface area contributed by atoms with Crippen molar-refractivity contribution in [3.05, 3.63) is 36.0 Å². The van der Waals surface area contributed by atoms with Crippen LogP contribution >= 0.6 is 0 Å². The Hall–Kier alpha value is -2.70. The molecule has 1 heterocycles. The lowest BCUT2D eigenvalue weighted by Gasteiger charge is -2.11. The van der Waals surface area contributed by atoms with Crippen LogP contribution in [0.5, 0.6) is 0 Å². The molecule has 0 radical (unpaired) electrons. The molecule has 2 N–H and O–H groups in total. The van der Waals surface area contributed by atoms with Crippen LogP contribution in [0, 0.1) is 0 Å². The second-order valence-corrected chi connectivity index (χ2v) is 4.81. The van der Waals surface area contributed by atoms with E-state index in [0.29, 0.717) is 17.3 Å². The molecular formula is C15H19N5O2. The van der Waals surface area contributed by atoms with Gasteiger partial charge in [0, 0.05) is 11.7 Å². The summed E-state index contributed by atoms with van der Waals surface area (Å²) in [5.41, 5.74) is 1.29. The average Bonchev–Trinajstić information content (AvgIpc) is 2.55. The fraction of sp³-hybridized carbons (Fsp3) is 0.333. The molecule has 0 spiro atoms. The van der Waals surface area contributed by atoms with Crippen molar-refractivity contribution < 1.29 is 9.53 Å². The topological polar surface area (TPSA) is 89.0 Å². The molecule has 1 unspecified atom stereocenters. The third-order valence-corrected chi connectivity index (χ3v) is 3.13. The number of esters is 1. The predicted octanol–water partition coefficient (Wildman–Crippen LogP) is 2.61. The molecule has 0 saturated heterocycles. The minimum atomic E-state index is -0.365. The highest BCUT2D eigenvalue weighted by Gasteiger charge is 2.06. The third kappa shape index (κ3) is 4.15. The SMILES string of the molecule is CCC(C)Nc1nncc(Nc2ccc(C(=O)OC)cc2)n1. The van der Waals surface area contributed by atoms with Crippen LogP contribution in [-0.4, -0.2) is 34.3 Å². The molecule has 1 aromatic carbocycles. The lowest BCUT2D eigenvalue weighted by Crippen LogP contribution is -2.16. The minimum Gasteiger partial charge on any atom is -0.465 e. The Balaban J connectivity index is 2.07. The molecule has 1 aromatic heterocycles. The van der Waals surface area contributed by atoms with E-state index in [9.17, 15) is 4.79 Å². The Morgan fingerprint density at radius 1 is 1.32 bits per heavy atom. The van der Waals surface area contributed by atoms with E-state index in [2.05, 4.69) is 44.4 Å². The maximum absolute atomic E-state index is 11.4. The van der Waals surface area contributed by atoms with Crippen LogP contribution in [0.15, 0.2) is 30.5 Å². The molecule has 116 valence electrons. The van der Waals surface area contributed by atoms with Gasteiger partial charge in [-0.1, -0.05) is 6.92 Å². The normalized spacial score (nSPS) is 11.6. The molecular weight excluding hydrogens is 282 g/mol. The van der Waals surface area contributed by atoms with Crippen LogP contribution in [0.3, 0.4) is 0 Å². The molecule has 22 heavy (non-hydrogen) atoms. The van der Waals surface area contributed by atoms with E-state index in [-0.39, 0.29) is 12.0 Å². The summed E-state index contributed by atoms with van der Waals surface area (Å²) in [5, 5.41) is 14.1. The van der Waals surface area contributed by atoms with Crippen molar-refractivity contribution in [2.75, 3.05) is 17.7 Å². The van der Waals surface area contributed by atoms with Crippen LogP contribution in [0.2, 0.25) is 0 Å². The Morgan fingerprint density at radius 3 is 2.68 bits per heavy atom. The summed E-state index contributed by atoms with van der Waals surface area (Å²) in [6.07, 6.45) is 2.51. The van der Waals surface area contributed by atoms with Gasteiger partial charge in [0.25, 0.3) is 0 Å². The first-order valence-electron chi connectivity index (χ1n) is 7.04. The van der Waals surface area contributed by atoms with E-state index < -0.39 is 0 Å². The van der Waals surface area contributed by atoms with E-state index in [1.54, 1.807) is 24.3 Å². The maximum Gasteiger partial charge on any atom is 0.337 e. The number of carbonyl (C=O) groups excluding carboxylic acids is 1. The van der Waals surface area contributed by atoms with Gasteiger partial charge in [-0.15, -0.1) is 5.10 Å². The third-order valence-electron chi connectivity index (χ3n) is 3.13. The highest BCUT2D eigenvalue weighted by atomic mass is 16.5. The number of hydrogen-bond acceptors (Lipinski definition) is 7. The van der Waals surface area contributed by atoms with Crippen molar-refractivity contribution in [3.8, 4) is 0 Å². The quantitative estimate of drug-likeness (QED) is 0.793. The monoisotopic (exact) mass is 301 g/mol. The number of anilines is 3. The number of methoxy groups -OCH3 is 1. The van der Waals surface area contributed by atoms with Gasteiger partial charge < -0.3 is 15.4 Å². The number of aromatic nitrogens is 3. The molecule has 0 bridgehead atoms. The second-order valence-electron chi connectivity index (χ2n) is 4.81. The molecule has 2 rings (SSSR count). The largest absolute Gasteiger partial charge is 0.465 e. The molecule has 0 aliphatic carbocycles. The van der Waals surface area contributed by atoms with E-state index in [4.69, 9.17) is 0 Å². The molecule has 0 aliphatic heterocycles. The maximum atomic E-state index is 11.4. The van der Waals surface area contributed by atoms with E-state index >= 15 is 0 Å². The van der Waals surface area contributed by atoms with Gasteiger partial charge in [-0.25, -0.2) is 4.79 Å². The Labute approximate surface area is 129 Å². The first-order chi connectivity index (χ1) is 10.6. The number of nitrogens with one attached hydrogen (secondary N) is 2. The van der Waals surface area contributed by atoms with Gasteiger partial charge in [0.1, 0.15) is 0 Å². The standard InChI is InChI=1S/C15H19N5O2/c1-4-10(2)17-15-19-13(9-16-20-15)18-12-7-5-11(6-8-12)14(21)22-3/h5-10H,4H2,1-3H3,(H2,17,18,19,20). The number of benzene rings is 1. The number of nitrogens with zero attached hydrogens (tertiary/aromatic N) is 3. The summed E-state index contributed by atoms with van der Waals surface area (Å²) in [4.78, 5) is 15.7. The summed E-state index contributed by atoms with van der Waals surface area (Å²) in [7, 11) is 1.35. The van der Waals surface area contributed by atoms with Crippen molar-refractivity contribution in [2.24, 2.45) is 0 Å². The molecule has 2 aromatic rings. The van der Waals surface area contributed by atoms with Crippen LogP contribution in [0.4, 0.5) is 17.5 Å². The second kappa shape index (κ2) is 7.35. The van der Waals surface area contributed by atoms with Crippen molar-refractivity contribution in [2.45, 2.75) is 26.3 Å². The van der Waals surface area contributed by atoms with Crippen molar-refractivity contribution in [3.63, 3.8) is 0 Å². The molecule has 0 aliphatic rings. The van der Waals surface area contributed by atoms with Gasteiger partial charge in [-0.05, 0) is 37.6 Å². The van der Waals surface area contributed by atoms with E-state index in [1.807, 2.05) is 0 Å². The summed E-state index contributed by atoms with van der Waals surface area (Å²) >= 11 is 0. The Bertz CT molecular complexity index is 630. The average molecular weight is 301 g/mol. The van der Waals surface area contributed by atoms with Gasteiger partial charge in [0.2, 0.25) is 5.95 Å². The van der Waals surface area contributed by atoms with Gasteiger partial charge in [-0.3, -0.25) is 0 Å². The first kappa shape index (κ1) is 15.7. The zero-order chi connectivity index (χ0) is 15.9. The Kier molecular flexibility index (Phi) is 5.24. The fourth-order valence-electron chi connectivity index (χ4n) is 1.70. The lowest BCUT2D eigenvalue weighted by atomic mass is 10.2. The molecule has 7 nitrogen and oxygen atoms in total. The fourth-order valence-corrected chi connectivity index (χ4v) is 1.70. The van der Waals surface area contributed by atoms with Crippen LogP contribution in [0.1, 0.15) is 30.6 Å². The lowest BCUT2D eigenvalue weighted by molar-refractivity contribution is 0.0601. The van der Waals surface area contributed by atoms with Gasteiger partial charge in [-0.2, -0.15) is 10.1 Å². The number of hydrogen-bond donors (Lipinski definition) is 2. The van der Waals surface area contributed by atoms with Gasteiger partial charge >= 0.3 is 5.97 Å². The molecule has 0 amide bonds. The van der Waals surface area contributed by atoms with Gasteiger partial charge in [0.05, 0.1) is 18.9 Å². The first-order valence-corrected chi connectivity index (χ1v) is 7.04. The van der Waals surface area contributed by atoms with E-state index in [0.717, 1.165) is 12.1 Å². The number of ether oxygens (including phenoxy) is 1. The number of carbonyl (C=O) groups is 1. The van der Waals surface area contributed by atoms with E-state index in [1.165, 1.54) is 13.3 Å². The predicted molar refractivity (Wildman–Crippen MR) is 84.3 cm³/mol.